The normalized spacial score (nSPS) is 12.4. The Labute approximate surface area is 263 Å². The van der Waals surface area contributed by atoms with Crippen LogP contribution < -0.4 is 32.2 Å². The molecule has 18 heteroatoms. The van der Waals surface area contributed by atoms with Crippen molar-refractivity contribution in [3.63, 3.8) is 0 Å². The zero-order valence-electron chi connectivity index (χ0n) is 26.0. The number of hydrogen-bond donors (Lipinski definition) is 5. The number of H-pyrrole nitrogens is 2. The maximum Gasteiger partial charge on any atom is 0.348 e. The lowest BCUT2D eigenvalue weighted by Crippen LogP contribution is -2.43. The van der Waals surface area contributed by atoms with Gasteiger partial charge in [0.15, 0.2) is 5.78 Å². The van der Waals surface area contributed by atoms with Gasteiger partial charge in [0.2, 0.25) is 20.0 Å². The van der Waals surface area contributed by atoms with Crippen molar-refractivity contribution in [1.82, 2.24) is 19.3 Å². The monoisotopic (exact) mass is 680 g/mol. The topological polar surface area (TPSA) is 239 Å². The number of carbonyl (C=O) groups is 1. The van der Waals surface area contributed by atoms with Crippen molar-refractivity contribution >= 4 is 47.6 Å². The van der Waals surface area contributed by atoms with Gasteiger partial charge in [-0.25, -0.2) is 36.1 Å². The number of aryl methyl sites for hydroxylation is 2. The number of aliphatic hydroxyl groups excluding tert-OH is 1. The van der Waals surface area contributed by atoms with Crippen LogP contribution in [0.4, 0.5) is 0 Å². The molecule has 1 atom stereocenters. The summed E-state index contributed by atoms with van der Waals surface area (Å²) in [5, 5.41) is 10.4. The summed E-state index contributed by atoms with van der Waals surface area (Å²) in [5.41, 5.74) is -0.535. The number of hydrogen-bond acceptors (Lipinski definition) is 10. The molecule has 0 saturated carbocycles. The van der Waals surface area contributed by atoms with Gasteiger partial charge in [-0.2, -0.15) is 9.35 Å². The molecule has 0 bridgehead atoms. The molecule has 0 aliphatic rings. The first-order valence-electron chi connectivity index (χ1n) is 14.0. The van der Waals surface area contributed by atoms with Crippen LogP contribution in [-0.4, -0.2) is 59.6 Å². The minimum atomic E-state index is -3.81. The quantitative estimate of drug-likeness (QED) is 0.148. The molecule has 0 aliphatic carbocycles. The molecule has 0 saturated heterocycles. The summed E-state index contributed by atoms with van der Waals surface area (Å²) in [6.07, 6.45) is 3.25. The number of sulfonamides is 2. The summed E-state index contributed by atoms with van der Waals surface area (Å²) >= 11 is 0. The third-order valence-electron chi connectivity index (χ3n) is 6.74. The lowest BCUT2D eigenvalue weighted by molar-refractivity contribution is 0.0981. The summed E-state index contributed by atoms with van der Waals surface area (Å²) in [4.78, 5) is 69.3. The highest BCUT2D eigenvalue weighted by Gasteiger charge is 2.17. The van der Waals surface area contributed by atoms with E-state index in [-0.39, 0.29) is 27.6 Å². The minimum absolute atomic E-state index is 0.0609. The molecule has 5 N–H and O–H groups in total. The molecule has 0 fully saturated rings. The average molecular weight is 681 g/mol. The van der Waals surface area contributed by atoms with E-state index in [1.54, 1.807) is 19.9 Å². The van der Waals surface area contributed by atoms with Crippen molar-refractivity contribution < 1.29 is 26.7 Å². The van der Waals surface area contributed by atoms with Crippen LogP contribution >= 0.6 is 0 Å². The van der Waals surface area contributed by atoms with E-state index >= 15 is 0 Å². The highest BCUT2D eigenvalue weighted by atomic mass is 32.2. The van der Waals surface area contributed by atoms with Gasteiger partial charge >= 0.3 is 11.4 Å². The first kappa shape index (κ1) is 35.9. The van der Waals surface area contributed by atoms with Crippen molar-refractivity contribution in [3.05, 3.63) is 88.2 Å². The van der Waals surface area contributed by atoms with Crippen molar-refractivity contribution in [3.8, 4) is 0 Å². The van der Waals surface area contributed by atoms with Crippen molar-refractivity contribution in [2.75, 3.05) is 22.2 Å². The Morgan fingerprint density at radius 2 is 1.24 bits per heavy atom. The molecule has 2 aromatic heterocycles. The Morgan fingerprint density at radius 1 is 0.783 bits per heavy atom. The van der Waals surface area contributed by atoms with Gasteiger partial charge in [0.1, 0.15) is 0 Å². The van der Waals surface area contributed by atoms with Gasteiger partial charge in [-0.05, 0) is 67.6 Å². The molecule has 0 radical (unpaired) electrons. The summed E-state index contributed by atoms with van der Waals surface area (Å²) in [7, 11) is -7.60. The van der Waals surface area contributed by atoms with Gasteiger partial charge in [-0.3, -0.25) is 14.4 Å². The van der Waals surface area contributed by atoms with Crippen LogP contribution in [0.5, 0.6) is 0 Å². The fourth-order valence-electron chi connectivity index (χ4n) is 4.71. The maximum absolute atomic E-state index is 12.4. The lowest BCUT2D eigenvalue weighted by atomic mass is 9.98. The van der Waals surface area contributed by atoms with Gasteiger partial charge < -0.3 is 15.1 Å². The van der Waals surface area contributed by atoms with E-state index in [1.807, 2.05) is 23.5 Å². The van der Waals surface area contributed by atoms with Crippen LogP contribution in [0, 0.1) is 13.8 Å². The lowest BCUT2D eigenvalue weighted by Gasteiger charge is -2.14. The standard InChI is InChI=1S/C14H19N3O5S.C14H17N3O5S/c2*1-4-5-12(18)9-7-10-11(6-8(9)2)15-14(20)17(13(10)19)16-23(3,21)22/h6-7,12,16,18H,4-5H2,1-3H3,(H,15,20);6-7,16H,4-5H2,1-3H3,(H,15,20). The zero-order valence-corrected chi connectivity index (χ0v) is 27.7. The number of aliphatic hydroxyl groups is 1. The van der Waals surface area contributed by atoms with Gasteiger partial charge in [-0.15, -0.1) is 0 Å². The highest BCUT2D eigenvalue weighted by Crippen LogP contribution is 2.24. The Balaban J connectivity index is 0.000000250. The van der Waals surface area contributed by atoms with Gasteiger partial charge in [-0.1, -0.05) is 20.3 Å². The molecule has 0 spiro atoms. The molecule has 250 valence electrons. The Hall–Kier alpha value is -4.55. The fraction of sp³-hybridized carbons (Fsp3) is 0.393. The smallest absolute Gasteiger partial charge is 0.348 e. The second-order valence-corrected chi connectivity index (χ2v) is 14.3. The third-order valence-corrected chi connectivity index (χ3v) is 7.77. The summed E-state index contributed by atoms with van der Waals surface area (Å²) in [6, 6.07) is 6.01. The number of benzene rings is 2. The van der Waals surface area contributed by atoms with E-state index in [9.17, 15) is 45.9 Å². The van der Waals surface area contributed by atoms with Gasteiger partial charge in [0.05, 0.1) is 40.4 Å². The van der Waals surface area contributed by atoms with Crippen molar-refractivity contribution in [2.45, 2.75) is 59.5 Å². The summed E-state index contributed by atoms with van der Waals surface area (Å²) in [6.45, 7) is 7.28. The molecule has 2 heterocycles. The van der Waals surface area contributed by atoms with Crippen LogP contribution in [0.15, 0.2) is 43.4 Å². The third kappa shape index (κ3) is 8.38. The second-order valence-electron chi connectivity index (χ2n) is 10.8. The molecule has 0 aliphatic heterocycles. The van der Waals surface area contributed by atoms with E-state index in [0.717, 1.165) is 24.5 Å². The molecule has 0 amide bonds. The van der Waals surface area contributed by atoms with E-state index in [1.165, 1.54) is 18.2 Å². The van der Waals surface area contributed by atoms with Gasteiger partial charge in [0.25, 0.3) is 11.1 Å². The Morgan fingerprint density at radius 3 is 1.67 bits per heavy atom. The van der Waals surface area contributed by atoms with Crippen LogP contribution in [0.25, 0.3) is 21.8 Å². The number of ketones is 1. The van der Waals surface area contributed by atoms with E-state index in [4.69, 9.17) is 0 Å². The number of nitrogens with zero attached hydrogens (tertiary/aromatic N) is 2. The first-order chi connectivity index (χ1) is 21.3. The van der Waals surface area contributed by atoms with Crippen molar-refractivity contribution in [2.24, 2.45) is 0 Å². The molecular formula is C28H36N6O10S2. The molecule has 46 heavy (non-hydrogen) atoms. The van der Waals surface area contributed by atoms with Crippen LogP contribution in [0.3, 0.4) is 0 Å². The number of fused-ring (bicyclic) bond motifs is 2. The number of nitrogens with one attached hydrogen (secondary N) is 4. The molecule has 16 nitrogen and oxygen atoms in total. The highest BCUT2D eigenvalue weighted by molar-refractivity contribution is 7.91. The Bertz CT molecular complexity index is 2280. The first-order valence-corrected chi connectivity index (χ1v) is 17.8. The predicted octanol–water partition coefficient (Wildman–Crippen LogP) is 0.819. The second kappa shape index (κ2) is 13.8. The van der Waals surface area contributed by atoms with Gasteiger partial charge in [0, 0.05) is 12.0 Å². The molecule has 4 rings (SSSR count). The van der Waals surface area contributed by atoms with E-state index in [2.05, 4.69) is 9.97 Å². The number of aromatic amines is 2. The minimum Gasteiger partial charge on any atom is -0.388 e. The van der Waals surface area contributed by atoms with Crippen LogP contribution in [0.2, 0.25) is 0 Å². The average Bonchev–Trinajstić information content (AvgIpc) is 2.92. The van der Waals surface area contributed by atoms with Crippen LogP contribution in [-0.2, 0) is 20.0 Å². The molecule has 1 unspecified atom stereocenters. The van der Waals surface area contributed by atoms with Crippen molar-refractivity contribution in [1.29, 1.82) is 0 Å². The van der Waals surface area contributed by atoms with E-state index in [0.29, 0.717) is 45.3 Å². The molecule has 4 aromatic rings. The SMILES string of the molecule is CCCC(=O)c1cc2c(=O)n(NS(C)(=O)=O)c(=O)[nH]c2cc1C.CCCC(O)c1cc2c(=O)n(NS(C)(=O)=O)c(=O)[nH]c2cc1C. The summed E-state index contributed by atoms with van der Waals surface area (Å²) in [5.74, 6) is -0.111. The van der Waals surface area contributed by atoms with Crippen LogP contribution in [0.1, 0.15) is 72.7 Å². The number of rotatable bonds is 10. The predicted molar refractivity (Wildman–Crippen MR) is 175 cm³/mol. The molecular weight excluding hydrogens is 644 g/mol. The largest absolute Gasteiger partial charge is 0.388 e. The zero-order chi connectivity index (χ0) is 34.7. The summed E-state index contributed by atoms with van der Waals surface area (Å²) < 4.78 is 45.9. The number of carbonyl (C=O) groups excluding carboxylic acids is 1. The number of aromatic nitrogens is 4. The maximum atomic E-state index is 12.4. The number of Topliss-reactive ketones (excluding diaryl/α,β-unsaturated/α-hetero) is 1. The molecule has 2 aromatic carbocycles. The Kier molecular flexibility index (Phi) is 10.8. The fourth-order valence-corrected chi connectivity index (χ4v) is 5.70. The van der Waals surface area contributed by atoms with E-state index < -0.39 is 48.6 Å².